The lowest BCUT2D eigenvalue weighted by Gasteiger charge is -2.30. The fraction of sp³-hybridized carbons (Fsp3) is 0.348. The first-order valence-electron chi connectivity index (χ1n) is 10.3. The van der Waals surface area contributed by atoms with Crippen molar-refractivity contribution in [2.45, 2.75) is 38.6 Å². The lowest BCUT2D eigenvalue weighted by atomic mass is 10.1. The second-order valence-electron chi connectivity index (χ2n) is 7.90. The van der Waals surface area contributed by atoms with E-state index in [1.165, 1.54) is 0 Å². The maximum absolute atomic E-state index is 6.12. The summed E-state index contributed by atoms with van der Waals surface area (Å²) in [6.07, 6.45) is 3.93. The van der Waals surface area contributed by atoms with Crippen LogP contribution in [0, 0.1) is 0 Å². The summed E-state index contributed by atoms with van der Waals surface area (Å²) >= 11 is 0. The van der Waals surface area contributed by atoms with E-state index < -0.39 is 0 Å². The molecular weight excluding hydrogens is 360 g/mol. The largest absolute Gasteiger partial charge is 0.340 e. The molecule has 29 heavy (non-hydrogen) atoms. The summed E-state index contributed by atoms with van der Waals surface area (Å²) in [5.74, 6) is 1.83. The standard InChI is InChI=1S/C23H28N6/c1-16(2)20-13-19(14-21(27-20)17-7-4-3-5-8-17)26-22-10-11-25-23(28-22)29-12-6-9-18(24)15-29/h3-5,7-8,10-11,13-14,16,18H,6,9,12,15,24H2,1-2H3,(H,25,26,27,28). The van der Waals surface area contributed by atoms with Gasteiger partial charge in [0, 0.05) is 42.3 Å². The van der Waals surface area contributed by atoms with Gasteiger partial charge in [0.1, 0.15) is 5.82 Å². The molecular formula is C23H28N6. The monoisotopic (exact) mass is 388 g/mol. The molecule has 0 aliphatic carbocycles. The van der Waals surface area contributed by atoms with Crippen molar-refractivity contribution in [2.75, 3.05) is 23.3 Å². The lowest BCUT2D eigenvalue weighted by Crippen LogP contribution is -2.43. The number of hydrogen-bond acceptors (Lipinski definition) is 6. The van der Waals surface area contributed by atoms with E-state index >= 15 is 0 Å². The summed E-state index contributed by atoms with van der Waals surface area (Å²) in [6.45, 7) is 6.06. The highest BCUT2D eigenvalue weighted by Crippen LogP contribution is 2.27. The zero-order valence-corrected chi connectivity index (χ0v) is 17.0. The molecule has 1 atom stereocenters. The minimum atomic E-state index is 0.186. The average Bonchev–Trinajstić information content (AvgIpc) is 2.74. The molecule has 1 fully saturated rings. The van der Waals surface area contributed by atoms with E-state index in [2.05, 4.69) is 53.3 Å². The van der Waals surface area contributed by atoms with Crippen molar-refractivity contribution >= 4 is 17.5 Å². The maximum atomic E-state index is 6.12. The molecule has 3 N–H and O–H groups in total. The summed E-state index contributed by atoms with van der Waals surface area (Å²) in [4.78, 5) is 16.2. The maximum Gasteiger partial charge on any atom is 0.227 e. The Morgan fingerprint density at radius 2 is 1.93 bits per heavy atom. The summed E-state index contributed by atoms with van der Waals surface area (Å²) in [5.41, 5.74) is 10.2. The Morgan fingerprint density at radius 1 is 1.10 bits per heavy atom. The number of piperidine rings is 1. The molecule has 2 aromatic heterocycles. The number of benzene rings is 1. The summed E-state index contributed by atoms with van der Waals surface area (Å²) < 4.78 is 0. The second-order valence-corrected chi connectivity index (χ2v) is 7.90. The first-order chi connectivity index (χ1) is 14.1. The van der Waals surface area contributed by atoms with Gasteiger partial charge in [-0.05, 0) is 37.0 Å². The Hall–Kier alpha value is -2.99. The molecule has 3 aromatic rings. The number of pyridine rings is 1. The highest BCUT2D eigenvalue weighted by atomic mass is 15.3. The number of nitrogens with two attached hydrogens (primary N) is 1. The van der Waals surface area contributed by atoms with E-state index in [4.69, 9.17) is 15.7 Å². The van der Waals surface area contributed by atoms with E-state index in [9.17, 15) is 0 Å². The van der Waals surface area contributed by atoms with E-state index in [1.807, 2.05) is 24.3 Å². The second kappa shape index (κ2) is 8.57. The van der Waals surface area contributed by atoms with Crippen molar-refractivity contribution in [1.29, 1.82) is 0 Å². The molecule has 1 aliphatic rings. The number of aromatic nitrogens is 3. The van der Waals surface area contributed by atoms with Gasteiger partial charge < -0.3 is 16.0 Å². The molecule has 1 aliphatic heterocycles. The molecule has 6 nitrogen and oxygen atoms in total. The molecule has 4 rings (SSSR count). The van der Waals surface area contributed by atoms with Crippen LogP contribution in [0.15, 0.2) is 54.7 Å². The molecule has 0 radical (unpaired) electrons. The molecule has 150 valence electrons. The highest BCUT2D eigenvalue weighted by molar-refractivity contribution is 5.67. The van der Waals surface area contributed by atoms with Crippen LogP contribution in [-0.2, 0) is 0 Å². The van der Waals surface area contributed by atoms with Crippen molar-refractivity contribution in [3.05, 3.63) is 60.4 Å². The van der Waals surface area contributed by atoms with Crippen LogP contribution in [0.25, 0.3) is 11.3 Å². The fourth-order valence-electron chi connectivity index (χ4n) is 3.59. The Balaban J connectivity index is 1.62. The van der Waals surface area contributed by atoms with Crippen LogP contribution in [0.5, 0.6) is 0 Å². The Morgan fingerprint density at radius 3 is 2.69 bits per heavy atom. The van der Waals surface area contributed by atoms with Gasteiger partial charge >= 0.3 is 0 Å². The third-order valence-corrected chi connectivity index (χ3v) is 5.16. The number of anilines is 3. The lowest BCUT2D eigenvalue weighted by molar-refractivity contribution is 0.500. The number of nitrogens with one attached hydrogen (secondary N) is 1. The van der Waals surface area contributed by atoms with Gasteiger partial charge in [0.2, 0.25) is 5.95 Å². The first kappa shape index (κ1) is 19.3. The van der Waals surface area contributed by atoms with Crippen molar-refractivity contribution < 1.29 is 0 Å². The van der Waals surface area contributed by atoms with E-state index in [-0.39, 0.29) is 6.04 Å². The minimum Gasteiger partial charge on any atom is -0.340 e. The van der Waals surface area contributed by atoms with Crippen LogP contribution in [0.2, 0.25) is 0 Å². The van der Waals surface area contributed by atoms with Crippen LogP contribution in [0.3, 0.4) is 0 Å². The SMILES string of the molecule is CC(C)c1cc(Nc2ccnc(N3CCCC(N)C3)n2)cc(-c2ccccc2)n1. The fourth-order valence-corrected chi connectivity index (χ4v) is 3.59. The van der Waals surface area contributed by atoms with Gasteiger partial charge in [-0.25, -0.2) is 4.98 Å². The van der Waals surface area contributed by atoms with Gasteiger partial charge in [-0.3, -0.25) is 4.98 Å². The van der Waals surface area contributed by atoms with Crippen molar-refractivity contribution in [3.63, 3.8) is 0 Å². The molecule has 0 amide bonds. The zero-order valence-electron chi connectivity index (χ0n) is 17.0. The van der Waals surface area contributed by atoms with Crippen LogP contribution in [0.1, 0.15) is 38.3 Å². The van der Waals surface area contributed by atoms with Crippen molar-refractivity contribution in [1.82, 2.24) is 15.0 Å². The van der Waals surface area contributed by atoms with Gasteiger partial charge in [0.25, 0.3) is 0 Å². The molecule has 6 heteroatoms. The van der Waals surface area contributed by atoms with E-state index in [0.29, 0.717) is 5.92 Å². The van der Waals surface area contributed by atoms with Gasteiger partial charge in [-0.15, -0.1) is 0 Å². The minimum absolute atomic E-state index is 0.186. The topological polar surface area (TPSA) is 80.0 Å². The Bertz CT molecular complexity index is 957. The molecule has 0 spiro atoms. The summed E-state index contributed by atoms with van der Waals surface area (Å²) in [6, 6.07) is 16.5. The van der Waals surface area contributed by atoms with Gasteiger partial charge in [0.15, 0.2) is 0 Å². The molecule has 1 aromatic carbocycles. The average molecular weight is 389 g/mol. The predicted octanol–water partition coefficient (Wildman–Crippen LogP) is 4.33. The van der Waals surface area contributed by atoms with Crippen LogP contribution in [0.4, 0.5) is 17.5 Å². The van der Waals surface area contributed by atoms with E-state index in [1.54, 1.807) is 6.20 Å². The Labute approximate surface area is 172 Å². The van der Waals surface area contributed by atoms with Crippen molar-refractivity contribution in [3.8, 4) is 11.3 Å². The molecule has 1 saturated heterocycles. The van der Waals surface area contributed by atoms with Gasteiger partial charge in [-0.1, -0.05) is 44.2 Å². The Kier molecular flexibility index (Phi) is 5.71. The number of hydrogen-bond donors (Lipinski definition) is 2. The van der Waals surface area contributed by atoms with Crippen LogP contribution >= 0.6 is 0 Å². The smallest absolute Gasteiger partial charge is 0.227 e. The number of nitrogens with zero attached hydrogens (tertiary/aromatic N) is 4. The third kappa shape index (κ3) is 4.71. The summed E-state index contributed by atoms with van der Waals surface area (Å²) in [7, 11) is 0. The summed E-state index contributed by atoms with van der Waals surface area (Å²) in [5, 5.41) is 3.45. The van der Waals surface area contributed by atoms with Crippen molar-refractivity contribution in [2.24, 2.45) is 5.73 Å². The zero-order chi connectivity index (χ0) is 20.2. The normalized spacial score (nSPS) is 16.8. The van der Waals surface area contributed by atoms with E-state index in [0.717, 1.165) is 60.3 Å². The molecule has 3 heterocycles. The highest BCUT2D eigenvalue weighted by Gasteiger charge is 2.19. The van der Waals surface area contributed by atoms with Crippen LogP contribution in [-0.4, -0.2) is 34.1 Å². The quantitative estimate of drug-likeness (QED) is 0.677. The molecule has 1 unspecified atom stereocenters. The predicted molar refractivity (Wildman–Crippen MR) is 118 cm³/mol. The first-order valence-corrected chi connectivity index (χ1v) is 10.3. The van der Waals surface area contributed by atoms with Gasteiger partial charge in [-0.2, -0.15) is 4.98 Å². The third-order valence-electron chi connectivity index (χ3n) is 5.16. The number of rotatable bonds is 5. The van der Waals surface area contributed by atoms with Crippen LogP contribution < -0.4 is 16.0 Å². The van der Waals surface area contributed by atoms with Gasteiger partial charge in [0.05, 0.1) is 5.69 Å². The molecule has 0 saturated carbocycles. The molecule has 0 bridgehead atoms.